The van der Waals surface area contributed by atoms with Crippen LogP contribution in [0.15, 0.2) is 0 Å². The number of carbonyl (C=O) groups is 1. The van der Waals surface area contributed by atoms with Crippen LogP contribution in [0, 0.1) is 5.92 Å². The molecule has 0 aliphatic carbocycles. The summed E-state index contributed by atoms with van der Waals surface area (Å²) in [4.78, 5) is 10.7. The Morgan fingerprint density at radius 1 is 1.64 bits per heavy atom. The molecule has 0 radical (unpaired) electrons. The van der Waals surface area contributed by atoms with E-state index in [1.54, 1.807) is 0 Å². The van der Waals surface area contributed by atoms with Crippen LogP contribution in [0.1, 0.15) is 6.42 Å². The maximum Gasteiger partial charge on any atom is 0.310 e. The molecule has 64 valence electrons. The third kappa shape index (κ3) is 2.47. The summed E-state index contributed by atoms with van der Waals surface area (Å²) in [5.74, 6) is -1.74. The molecule has 0 spiro atoms. The molecule has 0 aromatic heterocycles. The van der Waals surface area contributed by atoms with Crippen LogP contribution >= 0.6 is 0 Å². The highest BCUT2D eigenvalue weighted by atomic mass is 32.2. The van der Waals surface area contributed by atoms with Crippen LogP contribution in [0.2, 0.25) is 0 Å². The maximum atomic E-state index is 10.7. The molecule has 11 heavy (non-hydrogen) atoms. The summed E-state index contributed by atoms with van der Waals surface area (Å²) in [6, 6.07) is 0. The number of hydrogen-bond acceptors (Lipinski definition) is 4. The van der Waals surface area contributed by atoms with E-state index in [2.05, 4.69) is 4.74 Å². The standard InChI is InChI=1S/C5H8O5S/c6-5-4(1-2-10-5)3-11(7,8)9/h4H,1-3H2,(H,7,8,9). The van der Waals surface area contributed by atoms with Gasteiger partial charge < -0.3 is 4.74 Å². The first-order valence-corrected chi connectivity index (χ1v) is 4.72. The first-order chi connectivity index (χ1) is 4.99. The van der Waals surface area contributed by atoms with Crippen LogP contribution < -0.4 is 0 Å². The van der Waals surface area contributed by atoms with Crippen molar-refractivity contribution in [3.05, 3.63) is 0 Å². The molecule has 1 aliphatic rings. The molecule has 6 heteroatoms. The van der Waals surface area contributed by atoms with E-state index < -0.39 is 27.8 Å². The number of hydrogen-bond donors (Lipinski definition) is 1. The SMILES string of the molecule is O=C1OCCC1CS(=O)(=O)O. The van der Waals surface area contributed by atoms with Gasteiger partial charge in [-0.2, -0.15) is 8.42 Å². The van der Waals surface area contributed by atoms with Gasteiger partial charge in [-0.15, -0.1) is 0 Å². The Morgan fingerprint density at radius 3 is 2.64 bits per heavy atom. The van der Waals surface area contributed by atoms with Crippen molar-refractivity contribution in [3.63, 3.8) is 0 Å². The van der Waals surface area contributed by atoms with E-state index in [9.17, 15) is 13.2 Å². The van der Waals surface area contributed by atoms with Crippen molar-refractivity contribution in [2.45, 2.75) is 6.42 Å². The largest absolute Gasteiger partial charge is 0.465 e. The smallest absolute Gasteiger partial charge is 0.310 e. The zero-order chi connectivity index (χ0) is 8.48. The predicted molar refractivity (Wildman–Crippen MR) is 35.5 cm³/mol. The second-order valence-electron chi connectivity index (χ2n) is 2.40. The van der Waals surface area contributed by atoms with E-state index in [1.165, 1.54) is 0 Å². The zero-order valence-corrected chi connectivity index (χ0v) is 6.50. The van der Waals surface area contributed by atoms with Crippen LogP contribution in [-0.4, -0.2) is 31.3 Å². The minimum Gasteiger partial charge on any atom is -0.465 e. The van der Waals surface area contributed by atoms with E-state index in [0.29, 0.717) is 6.42 Å². The summed E-state index contributed by atoms with van der Waals surface area (Å²) in [5, 5.41) is 0. The van der Waals surface area contributed by atoms with Gasteiger partial charge in [0.15, 0.2) is 0 Å². The fraction of sp³-hybridized carbons (Fsp3) is 0.800. The lowest BCUT2D eigenvalue weighted by Crippen LogP contribution is -2.19. The van der Waals surface area contributed by atoms with E-state index in [4.69, 9.17) is 4.55 Å². The van der Waals surface area contributed by atoms with Crippen molar-refractivity contribution in [3.8, 4) is 0 Å². The van der Waals surface area contributed by atoms with Gasteiger partial charge in [-0.25, -0.2) is 0 Å². The molecule has 1 heterocycles. The van der Waals surface area contributed by atoms with Crippen molar-refractivity contribution in [1.82, 2.24) is 0 Å². The molecule has 0 aromatic rings. The number of carbonyl (C=O) groups excluding carboxylic acids is 1. The molecule has 1 N–H and O–H groups in total. The summed E-state index contributed by atoms with van der Waals surface area (Å²) in [7, 11) is -4.04. The summed E-state index contributed by atoms with van der Waals surface area (Å²) < 4.78 is 33.4. The third-order valence-electron chi connectivity index (χ3n) is 1.46. The van der Waals surface area contributed by atoms with E-state index in [0.717, 1.165) is 0 Å². The third-order valence-corrected chi connectivity index (χ3v) is 2.28. The van der Waals surface area contributed by atoms with Crippen molar-refractivity contribution < 1.29 is 22.5 Å². The molecule has 0 amide bonds. The molecule has 1 aliphatic heterocycles. The number of esters is 1. The molecule has 0 aromatic carbocycles. The van der Waals surface area contributed by atoms with Crippen LogP contribution in [0.25, 0.3) is 0 Å². The lowest BCUT2D eigenvalue weighted by atomic mass is 10.1. The zero-order valence-electron chi connectivity index (χ0n) is 5.69. The lowest BCUT2D eigenvalue weighted by molar-refractivity contribution is -0.140. The van der Waals surface area contributed by atoms with Crippen LogP contribution in [0.3, 0.4) is 0 Å². The Kier molecular flexibility index (Phi) is 2.15. The van der Waals surface area contributed by atoms with Crippen LogP contribution in [0.5, 0.6) is 0 Å². The molecule has 5 nitrogen and oxygen atoms in total. The van der Waals surface area contributed by atoms with E-state index in [1.807, 2.05) is 0 Å². The summed E-state index contributed by atoms with van der Waals surface area (Å²) in [5.41, 5.74) is 0. The molecule has 0 bridgehead atoms. The van der Waals surface area contributed by atoms with Crippen LogP contribution in [-0.2, 0) is 19.6 Å². The van der Waals surface area contributed by atoms with Gasteiger partial charge in [-0.1, -0.05) is 0 Å². The van der Waals surface area contributed by atoms with Crippen LogP contribution in [0.4, 0.5) is 0 Å². The Balaban J connectivity index is 2.57. The lowest BCUT2D eigenvalue weighted by Gasteiger charge is -2.00. The van der Waals surface area contributed by atoms with Gasteiger partial charge >= 0.3 is 5.97 Å². The molecule has 1 unspecified atom stereocenters. The number of cyclic esters (lactones) is 1. The number of rotatable bonds is 2. The minimum atomic E-state index is -4.04. The molecule has 1 saturated heterocycles. The van der Waals surface area contributed by atoms with Gasteiger partial charge in [-0.05, 0) is 6.42 Å². The van der Waals surface area contributed by atoms with Gasteiger partial charge in [-0.3, -0.25) is 9.35 Å². The van der Waals surface area contributed by atoms with E-state index >= 15 is 0 Å². The van der Waals surface area contributed by atoms with Gasteiger partial charge in [0.1, 0.15) is 0 Å². The Morgan fingerprint density at radius 2 is 2.27 bits per heavy atom. The average Bonchev–Trinajstić information content (AvgIpc) is 2.12. The van der Waals surface area contributed by atoms with Gasteiger partial charge in [0.25, 0.3) is 10.1 Å². The summed E-state index contributed by atoms with van der Waals surface area (Å²) >= 11 is 0. The van der Waals surface area contributed by atoms with E-state index in [-0.39, 0.29) is 6.61 Å². The monoisotopic (exact) mass is 180 g/mol. The van der Waals surface area contributed by atoms with Gasteiger partial charge in [0, 0.05) is 0 Å². The highest BCUT2D eigenvalue weighted by Crippen LogP contribution is 2.15. The van der Waals surface area contributed by atoms with Gasteiger partial charge in [0.2, 0.25) is 0 Å². The molecular formula is C5H8O5S. The first kappa shape index (κ1) is 8.48. The van der Waals surface area contributed by atoms with Gasteiger partial charge in [0.05, 0.1) is 18.3 Å². The normalized spacial score (nSPS) is 25.2. The highest BCUT2D eigenvalue weighted by Gasteiger charge is 2.30. The van der Waals surface area contributed by atoms with Crippen molar-refractivity contribution in [2.24, 2.45) is 5.92 Å². The predicted octanol–water partition coefficient (Wildman–Crippen LogP) is -0.563. The maximum absolute atomic E-state index is 10.7. The molecule has 0 saturated carbocycles. The average molecular weight is 180 g/mol. The first-order valence-electron chi connectivity index (χ1n) is 3.11. The molecule has 1 fully saturated rings. The summed E-state index contributed by atoms with van der Waals surface area (Å²) in [6.45, 7) is 0.249. The highest BCUT2D eigenvalue weighted by molar-refractivity contribution is 7.85. The fourth-order valence-corrected chi connectivity index (χ4v) is 1.75. The molecular weight excluding hydrogens is 172 g/mol. The Labute approximate surface area is 64.1 Å². The summed E-state index contributed by atoms with van der Waals surface area (Å²) in [6.07, 6.45) is 0.374. The topological polar surface area (TPSA) is 80.7 Å². The Bertz CT molecular complexity index is 254. The van der Waals surface area contributed by atoms with Crippen molar-refractivity contribution in [2.75, 3.05) is 12.4 Å². The molecule has 1 atom stereocenters. The number of ether oxygens (including phenoxy) is 1. The van der Waals surface area contributed by atoms with Crippen molar-refractivity contribution >= 4 is 16.1 Å². The Hall–Kier alpha value is -0.620. The fourth-order valence-electron chi connectivity index (χ4n) is 0.943. The quantitative estimate of drug-likeness (QED) is 0.455. The van der Waals surface area contributed by atoms with Crippen molar-refractivity contribution in [1.29, 1.82) is 0 Å². The second kappa shape index (κ2) is 2.78. The second-order valence-corrected chi connectivity index (χ2v) is 3.90. The minimum absolute atomic E-state index is 0.249. The molecule has 1 rings (SSSR count).